The normalized spacial score (nSPS) is 18.7. The SMILES string of the molecule is CCC1=Cc2c(cnn2-c2ccc(F)cc2)CC1(C)[C@@H](O)CCc1ccccc1C(C)=O. The summed E-state index contributed by atoms with van der Waals surface area (Å²) in [4.78, 5) is 11.9. The summed E-state index contributed by atoms with van der Waals surface area (Å²) in [6.07, 6.45) is 6.12. The molecule has 0 saturated carbocycles. The van der Waals surface area contributed by atoms with Crippen LogP contribution in [0.4, 0.5) is 4.39 Å². The van der Waals surface area contributed by atoms with E-state index in [4.69, 9.17) is 0 Å². The van der Waals surface area contributed by atoms with E-state index in [0.29, 0.717) is 19.3 Å². The van der Waals surface area contributed by atoms with Crippen molar-refractivity contribution in [2.45, 2.75) is 52.6 Å². The van der Waals surface area contributed by atoms with E-state index in [1.54, 1.807) is 19.1 Å². The van der Waals surface area contributed by atoms with Gasteiger partial charge in [-0.2, -0.15) is 5.10 Å². The van der Waals surface area contributed by atoms with E-state index in [2.05, 4.69) is 25.0 Å². The number of nitrogens with zero attached hydrogens (tertiary/aromatic N) is 2. The number of rotatable bonds is 7. The number of hydrogen-bond acceptors (Lipinski definition) is 3. The van der Waals surface area contributed by atoms with E-state index in [1.807, 2.05) is 35.1 Å². The monoisotopic (exact) mass is 432 g/mol. The molecule has 1 aliphatic rings. The van der Waals surface area contributed by atoms with Crippen LogP contribution in [0, 0.1) is 11.2 Å². The second kappa shape index (κ2) is 8.83. The summed E-state index contributed by atoms with van der Waals surface area (Å²) in [5.41, 5.74) is 5.32. The summed E-state index contributed by atoms with van der Waals surface area (Å²) in [5.74, 6) is -0.229. The first-order valence-corrected chi connectivity index (χ1v) is 11.1. The van der Waals surface area contributed by atoms with Crippen molar-refractivity contribution in [3.8, 4) is 5.69 Å². The van der Waals surface area contributed by atoms with Crippen molar-refractivity contribution < 1.29 is 14.3 Å². The third-order valence-electron chi connectivity index (χ3n) is 6.76. The fraction of sp³-hybridized carbons (Fsp3) is 0.333. The molecule has 1 N–H and O–H groups in total. The van der Waals surface area contributed by atoms with Crippen LogP contribution < -0.4 is 0 Å². The number of aryl methyl sites for hydroxylation is 1. The van der Waals surface area contributed by atoms with Gasteiger partial charge in [-0.15, -0.1) is 0 Å². The smallest absolute Gasteiger partial charge is 0.160 e. The topological polar surface area (TPSA) is 55.1 Å². The summed E-state index contributed by atoms with van der Waals surface area (Å²) in [6, 6.07) is 13.9. The Morgan fingerprint density at radius 3 is 2.62 bits per heavy atom. The van der Waals surface area contributed by atoms with Crippen LogP contribution >= 0.6 is 0 Å². The lowest BCUT2D eigenvalue weighted by Gasteiger charge is -2.39. The Morgan fingerprint density at radius 2 is 1.94 bits per heavy atom. The molecule has 1 aromatic heterocycles. The molecule has 0 aliphatic heterocycles. The van der Waals surface area contributed by atoms with Gasteiger partial charge in [0.25, 0.3) is 0 Å². The molecule has 0 bridgehead atoms. The van der Waals surface area contributed by atoms with E-state index in [1.165, 1.54) is 17.7 Å². The van der Waals surface area contributed by atoms with Crippen molar-refractivity contribution in [1.82, 2.24) is 9.78 Å². The predicted octanol–water partition coefficient (Wildman–Crippen LogP) is 5.56. The summed E-state index contributed by atoms with van der Waals surface area (Å²) in [6.45, 7) is 5.80. The van der Waals surface area contributed by atoms with Gasteiger partial charge in [0.1, 0.15) is 5.82 Å². The molecule has 1 unspecified atom stereocenters. The molecule has 2 atom stereocenters. The van der Waals surface area contributed by atoms with Gasteiger partial charge >= 0.3 is 0 Å². The number of aromatic nitrogens is 2. The van der Waals surface area contributed by atoms with E-state index < -0.39 is 11.5 Å². The van der Waals surface area contributed by atoms with Crippen molar-refractivity contribution in [2.24, 2.45) is 5.41 Å². The van der Waals surface area contributed by atoms with E-state index >= 15 is 0 Å². The number of benzene rings is 2. The molecule has 3 aromatic rings. The van der Waals surface area contributed by atoms with E-state index in [-0.39, 0.29) is 11.6 Å². The Hall–Kier alpha value is -3.05. The van der Waals surface area contributed by atoms with Crippen molar-refractivity contribution >= 4 is 11.9 Å². The minimum absolute atomic E-state index is 0.0472. The zero-order valence-electron chi connectivity index (χ0n) is 18.8. The third-order valence-corrected chi connectivity index (χ3v) is 6.76. The van der Waals surface area contributed by atoms with Gasteiger partial charge in [0.05, 0.1) is 23.7 Å². The summed E-state index contributed by atoms with van der Waals surface area (Å²) in [5, 5.41) is 15.9. The lowest BCUT2D eigenvalue weighted by molar-refractivity contribution is 0.0531. The number of fused-ring (bicyclic) bond motifs is 1. The average Bonchev–Trinajstić information content (AvgIpc) is 3.19. The maximum Gasteiger partial charge on any atom is 0.160 e. The largest absolute Gasteiger partial charge is 0.392 e. The van der Waals surface area contributed by atoms with Crippen molar-refractivity contribution in [3.05, 3.63) is 88.5 Å². The number of halogens is 1. The molecule has 4 rings (SSSR count). The number of Topliss-reactive ketones (excluding diaryl/α,β-unsaturated/α-hetero) is 1. The fourth-order valence-electron chi connectivity index (χ4n) is 4.84. The quantitative estimate of drug-likeness (QED) is 0.497. The van der Waals surface area contributed by atoms with Gasteiger partial charge in [-0.1, -0.05) is 43.7 Å². The molecular formula is C27H29FN2O2. The zero-order chi connectivity index (χ0) is 22.9. The van der Waals surface area contributed by atoms with Crippen molar-refractivity contribution in [2.75, 3.05) is 0 Å². The Balaban J connectivity index is 1.59. The first-order chi connectivity index (χ1) is 15.3. The van der Waals surface area contributed by atoms with Crippen molar-refractivity contribution in [3.63, 3.8) is 0 Å². The molecule has 0 amide bonds. The molecular weight excluding hydrogens is 403 g/mol. The number of hydrogen-bond donors (Lipinski definition) is 1. The predicted molar refractivity (Wildman–Crippen MR) is 124 cm³/mol. The highest BCUT2D eigenvalue weighted by Crippen LogP contribution is 2.44. The Morgan fingerprint density at radius 1 is 1.22 bits per heavy atom. The Bertz CT molecular complexity index is 1160. The molecule has 0 fully saturated rings. The number of carbonyl (C=O) groups excluding carboxylic acids is 1. The molecule has 166 valence electrons. The number of carbonyl (C=O) groups is 1. The van der Waals surface area contributed by atoms with Crippen LogP contribution in [-0.2, 0) is 12.8 Å². The summed E-state index contributed by atoms with van der Waals surface area (Å²) >= 11 is 0. The first kappa shape index (κ1) is 22.2. The number of aliphatic hydroxyl groups is 1. The van der Waals surface area contributed by atoms with E-state index in [0.717, 1.165) is 34.5 Å². The molecule has 4 nitrogen and oxygen atoms in total. The van der Waals surface area contributed by atoms with Crippen LogP contribution in [0.2, 0.25) is 0 Å². The second-order valence-corrected chi connectivity index (χ2v) is 8.83. The molecule has 1 aliphatic carbocycles. The van der Waals surface area contributed by atoms with Crippen LogP contribution in [0.25, 0.3) is 11.8 Å². The maximum absolute atomic E-state index is 13.4. The van der Waals surface area contributed by atoms with Gasteiger partial charge in [-0.3, -0.25) is 4.79 Å². The summed E-state index contributed by atoms with van der Waals surface area (Å²) in [7, 11) is 0. The molecule has 5 heteroatoms. The molecule has 0 radical (unpaired) electrons. The highest BCUT2D eigenvalue weighted by atomic mass is 19.1. The minimum Gasteiger partial charge on any atom is -0.392 e. The zero-order valence-corrected chi connectivity index (χ0v) is 18.8. The van der Waals surface area contributed by atoms with Gasteiger partial charge in [0, 0.05) is 11.0 Å². The van der Waals surface area contributed by atoms with Crippen LogP contribution in [-0.4, -0.2) is 26.8 Å². The Kier molecular flexibility index (Phi) is 6.11. The van der Waals surface area contributed by atoms with Crippen molar-refractivity contribution in [1.29, 1.82) is 0 Å². The highest BCUT2D eigenvalue weighted by molar-refractivity contribution is 5.95. The average molecular weight is 433 g/mol. The highest BCUT2D eigenvalue weighted by Gasteiger charge is 2.40. The second-order valence-electron chi connectivity index (χ2n) is 8.83. The van der Waals surface area contributed by atoms with E-state index in [9.17, 15) is 14.3 Å². The van der Waals surface area contributed by atoms with Gasteiger partial charge in [0.15, 0.2) is 5.78 Å². The van der Waals surface area contributed by atoms with Crippen LogP contribution in [0.15, 0.2) is 60.3 Å². The standard InChI is InChI=1S/C27H29FN2O2/c1-4-21-15-25-20(17-29-30(25)23-12-10-22(28)11-13-23)16-27(21,3)26(32)14-9-19-7-5-6-8-24(19)18(2)31/h5-8,10-13,15,17,26,32H,4,9,14,16H2,1-3H3/t26-,27?/m0/s1. The number of ketones is 1. The van der Waals surface area contributed by atoms with Gasteiger partial charge in [-0.25, -0.2) is 9.07 Å². The Labute approximate surface area is 188 Å². The number of aliphatic hydroxyl groups excluding tert-OH is 1. The molecule has 0 saturated heterocycles. The van der Waals surface area contributed by atoms with Gasteiger partial charge < -0.3 is 5.11 Å². The molecule has 1 heterocycles. The maximum atomic E-state index is 13.4. The third kappa shape index (κ3) is 4.05. The molecule has 2 aromatic carbocycles. The van der Waals surface area contributed by atoms with Crippen LogP contribution in [0.3, 0.4) is 0 Å². The lowest BCUT2D eigenvalue weighted by Crippen LogP contribution is -2.38. The fourth-order valence-corrected chi connectivity index (χ4v) is 4.84. The minimum atomic E-state index is -0.559. The molecule has 32 heavy (non-hydrogen) atoms. The summed E-state index contributed by atoms with van der Waals surface area (Å²) < 4.78 is 15.2. The lowest BCUT2D eigenvalue weighted by atomic mass is 9.67. The van der Waals surface area contributed by atoms with Crippen LogP contribution in [0.1, 0.15) is 60.8 Å². The van der Waals surface area contributed by atoms with Gasteiger partial charge in [0.2, 0.25) is 0 Å². The van der Waals surface area contributed by atoms with Crippen LogP contribution in [0.5, 0.6) is 0 Å². The van der Waals surface area contributed by atoms with Gasteiger partial charge in [-0.05, 0) is 74.1 Å². The molecule has 0 spiro atoms. The first-order valence-electron chi connectivity index (χ1n) is 11.1.